The SMILES string of the molecule is O=C(CP(=O)(O)O)Nc1ccnc(C(=O)O)c1. The standard InChI is InChI=1S/C8H9N2O6P/c11-7(4-17(14,15)16)10-5-1-2-9-6(3-5)8(12)13/h1-3H,4H2,(H,12,13)(H,9,10,11)(H2,14,15,16). The van der Waals surface area contributed by atoms with E-state index in [9.17, 15) is 14.2 Å². The van der Waals surface area contributed by atoms with Gasteiger partial charge in [0, 0.05) is 11.9 Å². The summed E-state index contributed by atoms with van der Waals surface area (Å²) in [5.41, 5.74) is -0.171. The van der Waals surface area contributed by atoms with Crippen molar-refractivity contribution in [2.45, 2.75) is 0 Å². The van der Waals surface area contributed by atoms with E-state index < -0.39 is 25.6 Å². The lowest BCUT2D eigenvalue weighted by Crippen LogP contribution is -2.16. The molecule has 1 aromatic heterocycles. The van der Waals surface area contributed by atoms with Crippen molar-refractivity contribution in [1.29, 1.82) is 0 Å². The normalized spacial score (nSPS) is 10.9. The highest BCUT2D eigenvalue weighted by Crippen LogP contribution is 2.33. The number of rotatable bonds is 4. The number of hydrogen-bond acceptors (Lipinski definition) is 4. The highest BCUT2D eigenvalue weighted by molar-refractivity contribution is 7.52. The van der Waals surface area contributed by atoms with E-state index in [1.54, 1.807) is 0 Å². The van der Waals surface area contributed by atoms with Crippen LogP contribution in [-0.4, -0.2) is 37.9 Å². The first-order valence-corrected chi connectivity index (χ1v) is 6.11. The fraction of sp³-hybridized carbons (Fsp3) is 0.125. The zero-order chi connectivity index (χ0) is 13.1. The molecule has 0 saturated carbocycles. The first-order valence-electron chi connectivity index (χ1n) is 4.32. The lowest BCUT2D eigenvalue weighted by molar-refractivity contribution is -0.114. The van der Waals surface area contributed by atoms with Crippen LogP contribution < -0.4 is 5.32 Å². The van der Waals surface area contributed by atoms with Gasteiger partial charge in [0.25, 0.3) is 0 Å². The van der Waals surface area contributed by atoms with E-state index in [1.165, 1.54) is 6.07 Å². The number of nitrogens with one attached hydrogen (secondary N) is 1. The van der Waals surface area contributed by atoms with Crippen LogP contribution in [0.4, 0.5) is 5.69 Å². The van der Waals surface area contributed by atoms with Gasteiger partial charge < -0.3 is 20.2 Å². The summed E-state index contributed by atoms with van der Waals surface area (Å²) in [6.45, 7) is 0. The Morgan fingerprint density at radius 1 is 1.41 bits per heavy atom. The van der Waals surface area contributed by atoms with E-state index in [0.29, 0.717) is 0 Å². The van der Waals surface area contributed by atoms with E-state index in [-0.39, 0.29) is 11.4 Å². The zero-order valence-corrected chi connectivity index (χ0v) is 9.29. The monoisotopic (exact) mass is 260 g/mol. The smallest absolute Gasteiger partial charge is 0.354 e. The molecule has 0 aromatic carbocycles. The Hall–Kier alpha value is -1.76. The van der Waals surface area contributed by atoms with Crippen molar-refractivity contribution >= 4 is 25.2 Å². The summed E-state index contributed by atoms with van der Waals surface area (Å²) < 4.78 is 10.5. The van der Waals surface area contributed by atoms with Crippen molar-refractivity contribution in [3.05, 3.63) is 24.0 Å². The molecule has 8 nitrogen and oxygen atoms in total. The first kappa shape index (κ1) is 13.3. The van der Waals surface area contributed by atoms with Crippen molar-refractivity contribution in [2.24, 2.45) is 0 Å². The van der Waals surface area contributed by atoms with E-state index in [4.69, 9.17) is 14.9 Å². The highest BCUT2D eigenvalue weighted by atomic mass is 31.2. The third-order valence-electron chi connectivity index (χ3n) is 1.61. The average Bonchev–Trinajstić information content (AvgIpc) is 2.14. The quantitative estimate of drug-likeness (QED) is 0.554. The Morgan fingerprint density at radius 3 is 2.59 bits per heavy atom. The maximum absolute atomic E-state index is 11.1. The molecule has 0 radical (unpaired) electrons. The minimum absolute atomic E-state index is 0.107. The molecule has 9 heteroatoms. The molecule has 1 rings (SSSR count). The van der Waals surface area contributed by atoms with Gasteiger partial charge in [-0.2, -0.15) is 0 Å². The van der Waals surface area contributed by atoms with Gasteiger partial charge in [-0.25, -0.2) is 9.78 Å². The Morgan fingerprint density at radius 2 is 2.06 bits per heavy atom. The van der Waals surface area contributed by atoms with E-state index in [1.807, 2.05) is 0 Å². The Kier molecular flexibility index (Phi) is 3.95. The summed E-state index contributed by atoms with van der Waals surface area (Å²) in [5.74, 6) is -2.17. The summed E-state index contributed by atoms with van der Waals surface area (Å²) in [6, 6.07) is 2.39. The molecule has 1 heterocycles. The topological polar surface area (TPSA) is 137 Å². The van der Waals surface area contributed by atoms with Gasteiger partial charge >= 0.3 is 13.6 Å². The number of aromatic nitrogens is 1. The fourth-order valence-electron chi connectivity index (χ4n) is 1.01. The molecule has 0 spiro atoms. The maximum atomic E-state index is 11.1. The predicted octanol–water partition coefficient (Wildman–Crippen LogP) is -0.104. The molecule has 1 aromatic rings. The molecule has 0 saturated heterocycles. The number of anilines is 1. The van der Waals surface area contributed by atoms with Crippen LogP contribution in [0.3, 0.4) is 0 Å². The summed E-state index contributed by atoms with van der Waals surface area (Å²) in [6.07, 6.45) is 0.203. The lowest BCUT2D eigenvalue weighted by Gasteiger charge is -2.06. The second-order valence-electron chi connectivity index (χ2n) is 3.11. The van der Waals surface area contributed by atoms with E-state index in [2.05, 4.69) is 10.3 Å². The van der Waals surface area contributed by atoms with Crippen molar-refractivity contribution in [2.75, 3.05) is 11.5 Å². The van der Waals surface area contributed by atoms with E-state index >= 15 is 0 Å². The number of hydrogen-bond donors (Lipinski definition) is 4. The minimum atomic E-state index is -4.43. The summed E-state index contributed by atoms with van der Waals surface area (Å²) in [5, 5.41) is 10.8. The molecule has 1 amide bonds. The molecular formula is C8H9N2O6P. The Balaban J connectivity index is 2.75. The molecule has 0 aliphatic heterocycles. The van der Waals surface area contributed by atoms with Gasteiger partial charge in [-0.15, -0.1) is 0 Å². The minimum Gasteiger partial charge on any atom is -0.477 e. The van der Waals surface area contributed by atoms with Crippen LogP contribution in [0.5, 0.6) is 0 Å². The van der Waals surface area contributed by atoms with Crippen molar-refractivity contribution < 1.29 is 29.0 Å². The Labute approximate surface area is 95.5 Å². The van der Waals surface area contributed by atoms with Crippen LogP contribution in [0.25, 0.3) is 0 Å². The number of amides is 1. The van der Waals surface area contributed by atoms with Crippen LogP contribution in [-0.2, 0) is 9.36 Å². The maximum Gasteiger partial charge on any atom is 0.354 e. The van der Waals surface area contributed by atoms with Crippen LogP contribution in [0, 0.1) is 0 Å². The van der Waals surface area contributed by atoms with Crippen LogP contribution in [0.15, 0.2) is 18.3 Å². The Bertz CT molecular complexity index is 497. The number of carboxylic acids is 1. The van der Waals surface area contributed by atoms with Gasteiger partial charge in [0.1, 0.15) is 11.9 Å². The number of pyridine rings is 1. The van der Waals surface area contributed by atoms with Gasteiger partial charge in [-0.1, -0.05) is 0 Å². The molecule has 17 heavy (non-hydrogen) atoms. The molecule has 4 N–H and O–H groups in total. The number of aromatic carboxylic acids is 1. The first-order chi connectivity index (χ1) is 7.78. The average molecular weight is 260 g/mol. The van der Waals surface area contributed by atoms with Crippen molar-refractivity contribution in [3.8, 4) is 0 Å². The van der Waals surface area contributed by atoms with Crippen LogP contribution in [0.2, 0.25) is 0 Å². The zero-order valence-electron chi connectivity index (χ0n) is 8.40. The lowest BCUT2D eigenvalue weighted by atomic mass is 10.3. The second kappa shape index (κ2) is 5.05. The third-order valence-corrected chi connectivity index (χ3v) is 2.31. The molecule has 0 fully saturated rings. The fourth-order valence-corrected chi connectivity index (χ4v) is 1.47. The van der Waals surface area contributed by atoms with Crippen molar-refractivity contribution in [1.82, 2.24) is 4.98 Å². The number of nitrogens with zero attached hydrogens (tertiary/aromatic N) is 1. The third kappa shape index (κ3) is 4.73. The van der Waals surface area contributed by atoms with Crippen LogP contribution in [0.1, 0.15) is 10.5 Å². The van der Waals surface area contributed by atoms with Crippen molar-refractivity contribution in [3.63, 3.8) is 0 Å². The van der Waals surface area contributed by atoms with Gasteiger partial charge in [0.05, 0.1) is 0 Å². The number of carboxylic acid groups (broad SMARTS) is 1. The summed E-state index contributed by atoms with van der Waals surface area (Å²) in [4.78, 5) is 42.3. The predicted molar refractivity (Wildman–Crippen MR) is 56.7 cm³/mol. The highest BCUT2D eigenvalue weighted by Gasteiger charge is 2.19. The molecule has 0 bridgehead atoms. The second-order valence-corrected chi connectivity index (χ2v) is 4.75. The molecule has 0 atom stereocenters. The van der Waals surface area contributed by atoms with E-state index in [0.717, 1.165) is 12.3 Å². The molecule has 0 unspecified atom stereocenters. The molecule has 0 aliphatic carbocycles. The number of carbonyl (C=O) groups excluding carboxylic acids is 1. The van der Waals surface area contributed by atoms with Gasteiger partial charge in [-0.3, -0.25) is 9.36 Å². The summed E-state index contributed by atoms with van der Waals surface area (Å²) >= 11 is 0. The van der Waals surface area contributed by atoms with Gasteiger partial charge in [0.2, 0.25) is 5.91 Å². The van der Waals surface area contributed by atoms with Crippen LogP contribution >= 0.6 is 7.60 Å². The number of carbonyl (C=O) groups is 2. The largest absolute Gasteiger partial charge is 0.477 e. The van der Waals surface area contributed by atoms with Gasteiger partial charge in [-0.05, 0) is 12.1 Å². The summed E-state index contributed by atoms with van der Waals surface area (Å²) in [7, 11) is -4.43. The molecular weight excluding hydrogens is 251 g/mol. The molecule has 92 valence electrons. The molecule has 0 aliphatic rings. The van der Waals surface area contributed by atoms with Gasteiger partial charge in [0.15, 0.2) is 0 Å².